The number of hydrogen-bond acceptors (Lipinski definition) is 2. The molecule has 0 unspecified atom stereocenters. The fourth-order valence-corrected chi connectivity index (χ4v) is 0.385. The number of aliphatic hydroxyl groups is 1. The maximum absolute atomic E-state index is 10.4. The molecule has 0 saturated heterocycles. The molecule has 1 N–H and O–H groups in total. The van der Waals surface area contributed by atoms with Crippen LogP contribution in [0.25, 0.3) is 0 Å². The van der Waals surface area contributed by atoms with Gasteiger partial charge in [-0.1, -0.05) is 0 Å². The Balaban J connectivity index is 3.45. The number of aliphatic hydroxyl groups excluding tert-OH is 1. The van der Waals surface area contributed by atoms with Crippen molar-refractivity contribution in [2.45, 2.75) is 0 Å². The number of rotatable bonds is 3. The Morgan fingerprint density at radius 2 is 2.22 bits per heavy atom. The van der Waals surface area contributed by atoms with Gasteiger partial charge in [0.05, 0.1) is 6.61 Å². The molecule has 1 radical (unpaired) electrons. The molecule has 0 aliphatic rings. The number of carbonyl (C=O) groups is 1. The van der Waals surface area contributed by atoms with Crippen molar-refractivity contribution in [1.29, 1.82) is 0 Å². The summed E-state index contributed by atoms with van der Waals surface area (Å²) in [5.41, 5.74) is 0. The van der Waals surface area contributed by atoms with E-state index in [-0.39, 0.29) is 13.2 Å². The highest BCUT2D eigenvalue weighted by atomic mass is 16.3. The molecule has 4 nitrogen and oxygen atoms in total. The minimum Gasteiger partial charge on any atom is -0.395 e. The first kappa shape index (κ1) is 8.39. The maximum Gasteiger partial charge on any atom is 0.251 e. The number of likely N-dealkylation sites (N-methyl/N-ethyl adjacent to an activating group) is 1. The van der Waals surface area contributed by atoms with Crippen LogP contribution in [-0.2, 0) is 9.90 Å². The first-order valence-corrected chi connectivity index (χ1v) is 2.65. The SMILES string of the molecule is CN(CCO)C(=O)C[O]. The van der Waals surface area contributed by atoms with Crippen molar-refractivity contribution in [2.24, 2.45) is 0 Å². The quantitative estimate of drug-likeness (QED) is 0.528. The van der Waals surface area contributed by atoms with E-state index in [0.29, 0.717) is 0 Å². The van der Waals surface area contributed by atoms with Gasteiger partial charge in [-0.25, -0.2) is 5.11 Å². The van der Waals surface area contributed by atoms with E-state index >= 15 is 0 Å². The Labute approximate surface area is 53.7 Å². The molecular weight excluding hydrogens is 122 g/mol. The van der Waals surface area contributed by atoms with Gasteiger partial charge in [-0.15, -0.1) is 0 Å². The molecule has 0 rings (SSSR count). The fourth-order valence-electron chi connectivity index (χ4n) is 0.385. The molecule has 0 bridgehead atoms. The Morgan fingerprint density at radius 1 is 1.67 bits per heavy atom. The van der Waals surface area contributed by atoms with E-state index in [9.17, 15) is 9.90 Å². The molecule has 9 heavy (non-hydrogen) atoms. The van der Waals surface area contributed by atoms with Crippen molar-refractivity contribution in [2.75, 3.05) is 26.8 Å². The third kappa shape index (κ3) is 3.05. The van der Waals surface area contributed by atoms with Gasteiger partial charge < -0.3 is 10.0 Å². The molecule has 0 aromatic heterocycles. The van der Waals surface area contributed by atoms with E-state index in [4.69, 9.17) is 5.11 Å². The van der Waals surface area contributed by atoms with Gasteiger partial charge in [0, 0.05) is 13.6 Å². The van der Waals surface area contributed by atoms with Crippen LogP contribution < -0.4 is 0 Å². The maximum atomic E-state index is 10.4. The lowest BCUT2D eigenvalue weighted by molar-refractivity contribution is -0.135. The van der Waals surface area contributed by atoms with Gasteiger partial charge in [0.25, 0.3) is 5.91 Å². The normalized spacial score (nSPS) is 9.22. The van der Waals surface area contributed by atoms with Crippen LogP contribution in [0.1, 0.15) is 0 Å². The second-order valence-corrected chi connectivity index (χ2v) is 1.68. The predicted molar refractivity (Wildman–Crippen MR) is 30.3 cm³/mol. The van der Waals surface area contributed by atoms with E-state index in [1.807, 2.05) is 0 Å². The van der Waals surface area contributed by atoms with Crippen molar-refractivity contribution in [3.8, 4) is 0 Å². The summed E-state index contributed by atoms with van der Waals surface area (Å²) < 4.78 is 0. The minimum absolute atomic E-state index is 0.0950. The first-order chi connectivity index (χ1) is 4.22. The van der Waals surface area contributed by atoms with Crippen molar-refractivity contribution in [3.63, 3.8) is 0 Å². The van der Waals surface area contributed by atoms with Crippen molar-refractivity contribution < 1.29 is 15.0 Å². The Kier molecular flexibility index (Phi) is 4.00. The average Bonchev–Trinajstić information content (AvgIpc) is 1.87. The summed E-state index contributed by atoms with van der Waals surface area (Å²) in [5.74, 6) is -0.482. The number of amides is 1. The molecule has 0 aliphatic carbocycles. The smallest absolute Gasteiger partial charge is 0.251 e. The molecule has 4 heteroatoms. The average molecular weight is 132 g/mol. The molecule has 0 aromatic rings. The summed E-state index contributed by atoms with van der Waals surface area (Å²) >= 11 is 0. The summed E-state index contributed by atoms with van der Waals surface area (Å²) in [6.07, 6.45) is 0. The lowest BCUT2D eigenvalue weighted by Gasteiger charge is -2.12. The van der Waals surface area contributed by atoms with E-state index in [1.165, 1.54) is 11.9 Å². The van der Waals surface area contributed by atoms with Crippen molar-refractivity contribution >= 4 is 5.91 Å². The topological polar surface area (TPSA) is 60.4 Å². The zero-order valence-electron chi connectivity index (χ0n) is 5.33. The van der Waals surface area contributed by atoms with Crippen LogP contribution in [0.3, 0.4) is 0 Å². The van der Waals surface area contributed by atoms with Gasteiger partial charge in [0.15, 0.2) is 6.61 Å². The summed E-state index contributed by atoms with van der Waals surface area (Å²) in [5, 5.41) is 18.2. The van der Waals surface area contributed by atoms with Gasteiger partial charge in [-0.05, 0) is 0 Å². The predicted octanol–water partition coefficient (Wildman–Crippen LogP) is -1.13. The van der Waals surface area contributed by atoms with Crippen LogP contribution in [0.5, 0.6) is 0 Å². The summed E-state index contributed by atoms with van der Waals surface area (Å²) in [6, 6.07) is 0. The van der Waals surface area contributed by atoms with E-state index in [0.717, 1.165) is 0 Å². The Morgan fingerprint density at radius 3 is 2.56 bits per heavy atom. The molecule has 0 aromatic carbocycles. The van der Waals surface area contributed by atoms with Gasteiger partial charge in [-0.2, -0.15) is 0 Å². The molecule has 0 spiro atoms. The molecular formula is C5H10NO3. The molecule has 1 amide bonds. The largest absolute Gasteiger partial charge is 0.395 e. The summed E-state index contributed by atoms with van der Waals surface area (Å²) in [6.45, 7) is -0.597. The number of carbonyl (C=O) groups excluding carboxylic acids is 1. The fraction of sp³-hybridized carbons (Fsp3) is 0.800. The molecule has 53 valence electrons. The lowest BCUT2D eigenvalue weighted by Crippen LogP contribution is -2.31. The molecule has 0 fully saturated rings. The van der Waals surface area contributed by atoms with Gasteiger partial charge >= 0.3 is 0 Å². The third-order valence-electron chi connectivity index (χ3n) is 0.985. The van der Waals surface area contributed by atoms with E-state index in [1.54, 1.807) is 0 Å². The van der Waals surface area contributed by atoms with Gasteiger partial charge in [0.2, 0.25) is 0 Å². The molecule has 0 atom stereocenters. The monoisotopic (exact) mass is 132 g/mol. The zero-order chi connectivity index (χ0) is 7.28. The molecule has 0 aliphatic heterocycles. The molecule has 0 saturated carbocycles. The van der Waals surface area contributed by atoms with E-state index in [2.05, 4.69) is 0 Å². The summed E-state index contributed by atoms with van der Waals surface area (Å²) in [4.78, 5) is 11.6. The van der Waals surface area contributed by atoms with Gasteiger partial charge in [0.1, 0.15) is 0 Å². The second kappa shape index (κ2) is 4.29. The zero-order valence-corrected chi connectivity index (χ0v) is 5.33. The number of hydrogen-bond donors (Lipinski definition) is 1. The highest BCUT2D eigenvalue weighted by Crippen LogP contribution is 1.80. The highest BCUT2D eigenvalue weighted by Gasteiger charge is 2.04. The van der Waals surface area contributed by atoms with Gasteiger partial charge in [-0.3, -0.25) is 4.79 Å². The van der Waals surface area contributed by atoms with Crippen LogP contribution in [0.4, 0.5) is 0 Å². The Bertz CT molecular complexity index is 94.2. The highest BCUT2D eigenvalue weighted by molar-refractivity contribution is 5.76. The Hall–Kier alpha value is -0.610. The van der Waals surface area contributed by atoms with Crippen molar-refractivity contribution in [1.82, 2.24) is 4.90 Å². The van der Waals surface area contributed by atoms with Crippen LogP contribution in [0.15, 0.2) is 0 Å². The van der Waals surface area contributed by atoms with Crippen LogP contribution in [-0.4, -0.2) is 42.7 Å². The summed E-state index contributed by atoms with van der Waals surface area (Å²) in [7, 11) is 1.48. The first-order valence-electron chi connectivity index (χ1n) is 2.65. The number of nitrogens with zero attached hydrogens (tertiary/aromatic N) is 1. The molecule has 0 heterocycles. The second-order valence-electron chi connectivity index (χ2n) is 1.68. The third-order valence-corrected chi connectivity index (χ3v) is 0.985. The lowest BCUT2D eigenvalue weighted by atomic mass is 10.5. The van der Waals surface area contributed by atoms with E-state index < -0.39 is 12.5 Å². The van der Waals surface area contributed by atoms with Crippen LogP contribution in [0, 0.1) is 0 Å². The van der Waals surface area contributed by atoms with Crippen LogP contribution >= 0.6 is 0 Å². The van der Waals surface area contributed by atoms with Crippen molar-refractivity contribution in [3.05, 3.63) is 0 Å². The standard InChI is InChI=1S/C5H10NO3/c1-6(2-3-7)5(9)4-8/h7H,2-4H2,1H3. The van der Waals surface area contributed by atoms with Crippen LogP contribution in [0.2, 0.25) is 0 Å². The minimum atomic E-state index is -0.740.